The summed E-state index contributed by atoms with van der Waals surface area (Å²) in [6.07, 6.45) is 2.04. The average Bonchev–Trinajstić information content (AvgIpc) is 3.04. The fourth-order valence-corrected chi connectivity index (χ4v) is 2.92. The third-order valence-electron chi connectivity index (χ3n) is 3.09. The molecule has 1 aliphatic rings. The van der Waals surface area contributed by atoms with Gasteiger partial charge in [0.25, 0.3) is 5.91 Å². The van der Waals surface area contributed by atoms with Crippen molar-refractivity contribution in [3.05, 3.63) is 16.1 Å². The van der Waals surface area contributed by atoms with Crippen molar-refractivity contribution in [3.63, 3.8) is 0 Å². The maximum absolute atomic E-state index is 11.9. The van der Waals surface area contributed by atoms with Crippen molar-refractivity contribution in [2.24, 2.45) is 5.92 Å². The highest BCUT2D eigenvalue weighted by atomic mass is 32.1. The molecule has 2 heterocycles. The van der Waals surface area contributed by atoms with Crippen molar-refractivity contribution >= 4 is 23.2 Å². The summed E-state index contributed by atoms with van der Waals surface area (Å²) < 4.78 is 5.52. The minimum atomic E-state index is -0.860. The molecule has 0 saturated carbocycles. The molecule has 1 aliphatic heterocycles. The number of nitrogens with one attached hydrogen (secondary N) is 1. The molecule has 6 nitrogen and oxygen atoms in total. The first-order valence-electron chi connectivity index (χ1n) is 6.63. The molecular weight excluding hydrogens is 280 g/mol. The molecule has 7 heteroatoms. The topological polar surface area (TPSA) is 88.5 Å². The van der Waals surface area contributed by atoms with Gasteiger partial charge in [-0.15, -0.1) is 11.3 Å². The van der Waals surface area contributed by atoms with Crippen molar-refractivity contribution in [1.29, 1.82) is 0 Å². The molecule has 0 aliphatic carbocycles. The summed E-state index contributed by atoms with van der Waals surface area (Å²) in [6, 6.07) is 0. The first-order valence-corrected chi connectivity index (χ1v) is 7.51. The highest BCUT2D eigenvalue weighted by molar-refractivity contribution is 7.09. The predicted molar refractivity (Wildman–Crippen MR) is 73.8 cm³/mol. The molecule has 110 valence electrons. The third-order valence-corrected chi connectivity index (χ3v) is 4.03. The number of hydrogen-bond acceptors (Lipinski definition) is 5. The Hall–Kier alpha value is -1.47. The fraction of sp³-hybridized carbons (Fsp3) is 0.615. The number of rotatable bonds is 6. The highest BCUT2D eigenvalue weighted by Gasteiger charge is 2.22. The zero-order valence-corrected chi connectivity index (χ0v) is 12.1. The molecule has 2 rings (SSSR count). The molecule has 1 fully saturated rings. The fourth-order valence-electron chi connectivity index (χ4n) is 2.04. The number of nitrogens with zero attached hydrogens (tertiary/aromatic N) is 1. The summed E-state index contributed by atoms with van der Waals surface area (Å²) >= 11 is 1.43. The van der Waals surface area contributed by atoms with E-state index >= 15 is 0 Å². The van der Waals surface area contributed by atoms with Crippen LogP contribution in [-0.2, 0) is 9.53 Å². The first kappa shape index (κ1) is 14.9. The van der Waals surface area contributed by atoms with Crippen LogP contribution in [0.2, 0.25) is 0 Å². The van der Waals surface area contributed by atoms with Gasteiger partial charge in [-0.3, -0.25) is 9.59 Å². The van der Waals surface area contributed by atoms with Gasteiger partial charge in [0.1, 0.15) is 16.8 Å². The molecular formula is C13H18N2O4S. The van der Waals surface area contributed by atoms with Crippen molar-refractivity contribution in [2.45, 2.75) is 32.3 Å². The van der Waals surface area contributed by atoms with Crippen molar-refractivity contribution < 1.29 is 19.4 Å². The Balaban J connectivity index is 1.84. The van der Waals surface area contributed by atoms with E-state index in [4.69, 9.17) is 9.84 Å². The highest BCUT2D eigenvalue weighted by Crippen LogP contribution is 2.30. The van der Waals surface area contributed by atoms with E-state index < -0.39 is 5.97 Å². The lowest BCUT2D eigenvalue weighted by Gasteiger charge is -2.09. The third kappa shape index (κ3) is 4.01. The number of ether oxygens (including phenoxy) is 1. The Kier molecular flexibility index (Phi) is 5.08. The van der Waals surface area contributed by atoms with Crippen LogP contribution in [0.15, 0.2) is 5.38 Å². The number of aliphatic carboxylic acids is 1. The van der Waals surface area contributed by atoms with Crippen LogP contribution in [0.3, 0.4) is 0 Å². The van der Waals surface area contributed by atoms with Crippen LogP contribution in [0.25, 0.3) is 0 Å². The predicted octanol–water partition coefficient (Wildman–Crippen LogP) is 1.84. The molecule has 0 radical (unpaired) electrons. The largest absolute Gasteiger partial charge is 0.481 e. The van der Waals surface area contributed by atoms with Gasteiger partial charge in [0.2, 0.25) is 0 Å². The number of carbonyl (C=O) groups excluding carboxylic acids is 1. The molecule has 0 spiro atoms. The molecule has 0 bridgehead atoms. The van der Waals surface area contributed by atoms with E-state index in [0.29, 0.717) is 12.2 Å². The van der Waals surface area contributed by atoms with E-state index in [1.807, 2.05) is 0 Å². The van der Waals surface area contributed by atoms with E-state index in [1.165, 1.54) is 11.3 Å². The number of thiazole rings is 1. The summed E-state index contributed by atoms with van der Waals surface area (Å²) in [7, 11) is 0. The van der Waals surface area contributed by atoms with Gasteiger partial charge in [-0.05, 0) is 18.8 Å². The quantitative estimate of drug-likeness (QED) is 0.836. The second kappa shape index (κ2) is 6.81. The number of hydrogen-bond donors (Lipinski definition) is 2. The molecule has 1 aromatic heterocycles. The minimum absolute atomic E-state index is 0.0208. The van der Waals surface area contributed by atoms with Crippen molar-refractivity contribution in [1.82, 2.24) is 10.3 Å². The average molecular weight is 298 g/mol. The van der Waals surface area contributed by atoms with E-state index in [-0.39, 0.29) is 24.3 Å². The maximum atomic E-state index is 11.9. The van der Waals surface area contributed by atoms with Crippen LogP contribution in [-0.4, -0.2) is 35.1 Å². The number of aromatic nitrogens is 1. The molecule has 1 aromatic rings. The van der Waals surface area contributed by atoms with E-state index in [0.717, 1.165) is 24.5 Å². The zero-order valence-electron chi connectivity index (χ0n) is 11.3. The van der Waals surface area contributed by atoms with Gasteiger partial charge in [0, 0.05) is 25.0 Å². The van der Waals surface area contributed by atoms with Crippen LogP contribution >= 0.6 is 11.3 Å². The monoisotopic (exact) mass is 298 g/mol. The second-order valence-corrected chi connectivity index (χ2v) is 5.88. The Bertz CT molecular complexity index is 482. The molecule has 1 amide bonds. The van der Waals surface area contributed by atoms with Crippen LogP contribution in [0, 0.1) is 5.92 Å². The number of carboxylic acids is 1. The molecule has 1 saturated heterocycles. The van der Waals surface area contributed by atoms with Gasteiger partial charge < -0.3 is 15.2 Å². The molecule has 20 heavy (non-hydrogen) atoms. The van der Waals surface area contributed by atoms with Gasteiger partial charge in [-0.1, -0.05) is 6.92 Å². The van der Waals surface area contributed by atoms with Gasteiger partial charge in [0.15, 0.2) is 0 Å². The lowest BCUT2D eigenvalue weighted by Crippen LogP contribution is -2.29. The molecule has 0 aromatic carbocycles. The van der Waals surface area contributed by atoms with Gasteiger partial charge >= 0.3 is 5.97 Å². The summed E-state index contributed by atoms with van der Waals surface area (Å²) in [6.45, 7) is 2.86. The summed E-state index contributed by atoms with van der Waals surface area (Å²) in [5.74, 6) is -1.23. The van der Waals surface area contributed by atoms with Crippen molar-refractivity contribution in [2.75, 3.05) is 13.2 Å². The number of carboxylic acid groups (broad SMARTS) is 1. The van der Waals surface area contributed by atoms with Gasteiger partial charge in [-0.25, -0.2) is 4.98 Å². The van der Waals surface area contributed by atoms with E-state index in [2.05, 4.69) is 10.3 Å². The van der Waals surface area contributed by atoms with Crippen molar-refractivity contribution in [3.8, 4) is 0 Å². The minimum Gasteiger partial charge on any atom is -0.481 e. The van der Waals surface area contributed by atoms with E-state index in [9.17, 15) is 9.59 Å². The Morgan fingerprint density at radius 1 is 1.65 bits per heavy atom. The molecule has 2 unspecified atom stereocenters. The lowest BCUT2D eigenvalue weighted by atomic mass is 10.1. The van der Waals surface area contributed by atoms with Gasteiger partial charge in [-0.2, -0.15) is 0 Å². The van der Waals surface area contributed by atoms with Gasteiger partial charge in [0.05, 0.1) is 0 Å². The van der Waals surface area contributed by atoms with E-state index in [1.54, 1.807) is 12.3 Å². The normalized spacial score (nSPS) is 19.8. The Morgan fingerprint density at radius 3 is 3.10 bits per heavy atom. The molecule has 2 atom stereocenters. The Labute approximate surface area is 121 Å². The summed E-state index contributed by atoms with van der Waals surface area (Å²) in [5, 5.41) is 13.9. The van der Waals surface area contributed by atoms with Crippen LogP contribution in [0.4, 0.5) is 0 Å². The maximum Gasteiger partial charge on any atom is 0.303 e. The Morgan fingerprint density at radius 2 is 2.45 bits per heavy atom. The van der Waals surface area contributed by atoms with Crippen LogP contribution < -0.4 is 5.32 Å². The number of carbonyl (C=O) groups is 2. The SMILES string of the molecule is CC(CNC(=O)c1csc(C2CCCO2)n1)CC(=O)O. The van der Waals surface area contributed by atoms with Crippen LogP contribution in [0.5, 0.6) is 0 Å². The first-order chi connectivity index (χ1) is 9.56. The smallest absolute Gasteiger partial charge is 0.303 e. The standard InChI is InChI=1S/C13H18N2O4S/c1-8(5-11(16)17)6-14-12(18)9-7-20-13(15-9)10-3-2-4-19-10/h7-8,10H,2-6H2,1H3,(H,14,18)(H,16,17). The summed E-state index contributed by atoms with van der Waals surface area (Å²) in [4.78, 5) is 26.7. The lowest BCUT2D eigenvalue weighted by molar-refractivity contribution is -0.137. The zero-order chi connectivity index (χ0) is 14.5. The van der Waals surface area contributed by atoms with Crippen LogP contribution in [0.1, 0.15) is 47.8 Å². The summed E-state index contributed by atoms with van der Waals surface area (Å²) in [5.41, 5.74) is 0.378. The second-order valence-electron chi connectivity index (χ2n) is 4.99. The number of amides is 1. The molecule has 2 N–H and O–H groups in total.